The number of carbonyl (C=O) groups excluding carboxylic acids is 2. The van der Waals surface area contributed by atoms with E-state index in [1.807, 2.05) is 42.5 Å². The maximum absolute atomic E-state index is 12.8. The molecule has 2 aromatic carbocycles. The molecule has 2 aromatic rings. The number of fused-ring (bicyclic) bond motifs is 1. The Balaban J connectivity index is 1.16. The van der Waals surface area contributed by atoms with Gasteiger partial charge in [0.15, 0.2) is 11.5 Å². The van der Waals surface area contributed by atoms with Crippen molar-refractivity contribution in [1.82, 2.24) is 10.2 Å². The molecule has 1 N–H and O–H groups in total. The number of amides is 2. The first-order valence-electron chi connectivity index (χ1n) is 11.1. The predicted molar refractivity (Wildman–Crippen MR) is 134 cm³/mol. The molecular weight excluding hydrogens is 456 g/mol. The second-order valence-corrected chi connectivity index (χ2v) is 9.52. The number of unbranched alkanes of at least 4 members (excludes halogenated alkanes) is 2. The fourth-order valence-corrected chi connectivity index (χ4v) is 4.97. The quantitative estimate of drug-likeness (QED) is 0.305. The Morgan fingerprint density at radius 3 is 2.76 bits per heavy atom. The van der Waals surface area contributed by atoms with E-state index in [2.05, 4.69) is 17.4 Å². The number of rotatable bonds is 10. The second-order valence-electron chi connectivity index (χ2n) is 7.84. The number of nitrogens with zero attached hydrogens (tertiary/aromatic N) is 1. The lowest BCUT2D eigenvalue weighted by Gasteiger charge is -2.14. The highest BCUT2D eigenvalue weighted by Gasteiger charge is 2.31. The van der Waals surface area contributed by atoms with Gasteiger partial charge < -0.3 is 14.8 Å². The Bertz CT molecular complexity index is 1060. The minimum Gasteiger partial charge on any atom is -0.454 e. The number of thioether (sulfide) groups is 1. The molecule has 0 aliphatic carbocycles. The molecule has 0 aromatic heterocycles. The zero-order valence-corrected chi connectivity index (χ0v) is 19.9. The maximum Gasteiger partial charge on any atom is 0.266 e. The van der Waals surface area contributed by atoms with Crippen LogP contribution in [0.15, 0.2) is 53.4 Å². The van der Waals surface area contributed by atoms with Crippen molar-refractivity contribution >= 4 is 46.2 Å². The summed E-state index contributed by atoms with van der Waals surface area (Å²) in [5.41, 5.74) is 2.09. The van der Waals surface area contributed by atoms with Crippen molar-refractivity contribution in [3.63, 3.8) is 0 Å². The molecule has 8 heteroatoms. The van der Waals surface area contributed by atoms with Gasteiger partial charge in [-0.3, -0.25) is 14.5 Å². The number of benzene rings is 2. The largest absolute Gasteiger partial charge is 0.454 e. The van der Waals surface area contributed by atoms with Crippen molar-refractivity contribution in [3.05, 3.63) is 64.6 Å². The van der Waals surface area contributed by atoms with Gasteiger partial charge in [-0.05, 0) is 48.6 Å². The third-order valence-corrected chi connectivity index (χ3v) is 6.81. The van der Waals surface area contributed by atoms with E-state index in [0.717, 1.165) is 31.2 Å². The van der Waals surface area contributed by atoms with Crippen molar-refractivity contribution in [1.29, 1.82) is 0 Å². The van der Waals surface area contributed by atoms with Gasteiger partial charge in [0.1, 0.15) is 4.32 Å². The van der Waals surface area contributed by atoms with Gasteiger partial charge >= 0.3 is 0 Å². The smallest absolute Gasteiger partial charge is 0.266 e. The number of nitrogens with one attached hydrogen (secondary N) is 1. The summed E-state index contributed by atoms with van der Waals surface area (Å²) in [7, 11) is 0. The molecule has 33 heavy (non-hydrogen) atoms. The molecule has 2 heterocycles. The van der Waals surface area contributed by atoms with Crippen LogP contribution >= 0.6 is 24.0 Å². The van der Waals surface area contributed by atoms with Gasteiger partial charge in [0.25, 0.3) is 5.91 Å². The molecular formula is C25H26N2O4S2. The number of hydrogen-bond donors (Lipinski definition) is 1. The SMILES string of the molecule is O=C(CCCCCN1C(=O)/C(=C/c2ccc3c(c2)OCO3)SC1=S)NCCc1ccccc1. The fourth-order valence-electron chi connectivity index (χ4n) is 3.66. The highest BCUT2D eigenvalue weighted by Crippen LogP contribution is 2.36. The first kappa shape index (κ1) is 23.3. The molecule has 2 aliphatic heterocycles. The van der Waals surface area contributed by atoms with Crippen LogP contribution in [0.2, 0.25) is 0 Å². The highest BCUT2D eigenvalue weighted by atomic mass is 32.2. The van der Waals surface area contributed by atoms with Crippen molar-refractivity contribution in [2.24, 2.45) is 0 Å². The average Bonchev–Trinajstić information content (AvgIpc) is 3.38. The maximum atomic E-state index is 12.8. The first-order chi connectivity index (χ1) is 16.1. The van der Waals surface area contributed by atoms with E-state index in [4.69, 9.17) is 21.7 Å². The van der Waals surface area contributed by atoms with E-state index in [0.29, 0.717) is 40.2 Å². The molecule has 4 rings (SSSR count). The van der Waals surface area contributed by atoms with Crippen molar-refractivity contribution in [2.45, 2.75) is 32.1 Å². The Labute approximate surface area is 203 Å². The fraction of sp³-hybridized carbons (Fsp3) is 0.320. The van der Waals surface area contributed by atoms with Crippen LogP contribution in [0.1, 0.15) is 36.8 Å². The average molecular weight is 483 g/mol. The van der Waals surface area contributed by atoms with Gasteiger partial charge in [0, 0.05) is 19.5 Å². The summed E-state index contributed by atoms with van der Waals surface area (Å²) in [4.78, 5) is 27.1. The standard InChI is InChI=1S/C25H26N2O4S2/c28-23(26-13-12-18-7-3-1-4-8-18)9-5-2-6-14-27-24(29)22(33-25(27)32)16-19-10-11-20-21(15-19)31-17-30-20/h1,3-4,7-8,10-11,15-16H,2,5-6,9,12-14,17H2,(H,26,28)/b22-16-. The molecule has 172 valence electrons. The van der Waals surface area contributed by atoms with E-state index in [9.17, 15) is 9.59 Å². The van der Waals surface area contributed by atoms with Gasteiger partial charge in [-0.2, -0.15) is 0 Å². The summed E-state index contributed by atoms with van der Waals surface area (Å²) in [6.07, 6.45) is 5.63. The molecule has 1 fully saturated rings. The van der Waals surface area contributed by atoms with Crippen LogP contribution in [0.5, 0.6) is 11.5 Å². The monoisotopic (exact) mass is 482 g/mol. The normalized spacial score (nSPS) is 16.0. The first-order valence-corrected chi connectivity index (χ1v) is 12.3. The van der Waals surface area contributed by atoms with Crippen molar-refractivity contribution in [3.8, 4) is 11.5 Å². The van der Waals surface area contributed by atoms with E-state index >= 15 is 0 Å². The number of hydrogen-bond acceptors (Lipinski definition) is 6. The molecule has 0 radical (unpaired) electrons. The summed E-state index contributed by atoms with van der Waals surface area (Å²) >= 11 is 6.73. The minimum absolute atomic E-state index is 0.0682. The van der Waals surface area contributed by atoms with Crippen LogP contribution in [0.3, 0.4) is 0 Å². The Kier molecular flexibility index (Phi) is 8.01. The Morgan fingerprint density at radius 1 is 1.09 bits per heavy atom. The molecule has 0 spiro atoms. The summed E-state index contributed by atoms with van der Waals surface area (Å²) in [5.74, 6) is 1.40. The van der Waals surface area contributed by atoms with Crippen molar-refractivity contribution < 1.29 is 19.1 Å². The van der Waals surface area contributed by atoms with E-state index < -0.39 is 0 Å². The molecule has 1 saturated heterocycles. The third kappa shape index (κ3) is 6.36. The molecule has 2 aliphatic rings. The second kappa shape index (κ2) is 11.3. The van der Waals surface area contributed by atoms with Crippen LogP contribution in [0.4, 0.5) is 0 Å². The van der Waals surface area contributed by atoms with Crippen LogP contribution in [0.25, 0.3) is 6.08 Å². The van der Waals surface area contributed by atoms with Gasteiger partial charge in [-0.25, -0.2) is 0 Å². The molecule has 6 nitrogen and oxygen atoms in total. The number of carbonyl (C=O) groups is 2. The van der Waals surface area contributed by atoms with E-state index in [-0.39, 0.29) is 18.6 Å². The lowest BCUT2D eigenvalue weighted by Crippen LogP contribution is -2.29. The number of ether oxygens (including phenoxy) is 2. The lowest BCUT2D eigenvalue weighted by molar-refractivity contribution is -0.122. The summed E-state index contributed by atoms with van der Waals surface area (Å²) < 4.78 is 11.3. The van der Waals surface area contributed by atoms with Gasteiger partial charge in [0.2, 0.25) is 12.7 Å². The van der Waals surface area contributed by atoms with E-state index in [1.165, 1.54) is 17.3 Å². The predicted octanol–water partition coefficient (Wildman–Crippen LogP) is 4.54. The lowest BCUT2D eigenvalue weighted by atomic mass is 10.1. The van der Waals surface area contributed by atoms with Crippen LogP contribution in [-0.4, -0.2) is 40.9 Å². The van der Waals surface area contributed by atoms with Crippen LogP contribution in [-0.2, 0) is 16.0 Å². The topological polar surface area (TPSA) is 67.9 Å². The zero-order chi connectivity index (χ0) is 23.0. The summed E-state index contributed by atoms with van der Waals surface area (Å²) in [6.45, 7) is 1.43. The van der Waals surface area contributed by atoms with Crippen LogP contribution < -0.4 is 14.8 Å². The summed E-state index contributed by atoms with van der Waals surface area (Å²) in [5, 5.41) is 2.97. The number of thiocarbonyl (C=S) groups is 1. The molecule has 0 unspecified atom stereocenters. The molecule has 0 saturated carbocycles. The van der Waals surface area contributed by atoms with Crippen molar-refractivity contribution in [2.75, 3.05) is 19.9 Å². The third-order valence-electron chi connectivity index (χ3n) is 5.43. The Hall–Kier alpha value is -2.84. The molecule has 0 bridgehead atoms. The van der Waals surface area contributed by atoms with Gasteiger partial charge in [-0.1, -0.05) is 66.8 Å². The Morgan fingerprint density at radius 2 is 1.91 bits per heavy atom. The molecule has 2 amide bonds. The van der Waals surface area contributed by atoms with Crippen LogP contribution in [0, 0.1) is 0 Å². The molecule has 0 atom stereocenters. The van der Waals surface area contributed by atoms with Gasteiger partial charge in [-0.15, -0.1) is 0 Å². The van der Waals surface area contributed by atoms with E-state index in [1.54, 1.807) is 4.90 Å². The zero-order valence-electron chi connectivity index (χ0n) is 18.2. The highest BCUT2D eigenvalue weighted by molar-refractivity contribution is 8.26. The minimum atomic E-state index is -0.0682. The summed E-state index contributed by atoms with van der Waals surface area (Å²) in [6, 6.07) is 15.7. The van der Waals surface area contributed by atoms with Gasteiger partial charge in [0.05, 0.1) is 4.91 Å².